The number of nitrogens with zero attached hydrogens (tertiary/aromatic N) is 2. The number of halogens is 1. The van der Waals surface area contributed by atoms with E-state index in [0.717, 1.165) is 11.3 Å². The van der Waals surface area contributed by atoms with Crippen molar-refractivity contribution in [3.05, 3.63) is 53.0 Å². The molecule has 0 bridgehead atoms. The van der Waals surface area contributed by atoms with E-state index in [9.17, 15) is 0 Å². The summed E-state index contributed by atoms with van der Waals surface area (Å²) >= 11 is 0. The number of aryl methyl sites for hydroxylation is 2. The first-order chi connectivity index (χ1) is 12.0. The van der Waals surface area contributed by atoms with Crippen LogP contribution in [0.2, 0.25) is 0 Å². The van der Waals surface area contributed by atoms with Gasteiger partial charge in [0.15, 0.2) is 11.6 Å². The van der Waals surface area contributed by atoms with Gasteiger partial charge in [-0.05, 0) is 51.6 Å². The van der Waals surface area contributed by atoms with Crippen molar-refractivity contribution in [2.75, 3.05) is 7.05 Å². The lowest BCUT2D eigenvalue weighted by molar-refractivity contribution is 0.268. The highest BCUT2D eigenvalue weighted by molar-refractivity contribution is 5.85. The first-order valence-electron chi connectivity index (χ1n) is 8.34. The molecule has 0 spiro atoms. The predicted octanol–water partition coefficient (Wildman–Crippen LogP) is 4.10. The SMILES string of the molecule is CNC(C)Cc1noc(-c2ccc(COc3ccc(C)cc3C)o2)n1.Cl. The molecule has 1 unspecified atom stereocenters. The number of furan rings is 1. The standard InChI is InChI=1S/C19H23N3O3.ClH/c1-12-5-7-16(13(2)9-12)23-11-15-6-8-17(24-15)19-21-18(22-25-19)10-14(3)20-4;/h5-9,14,20H,10-11H2,1-4H3;1H. The van der Waals surface area contributed by atoms with Crippen molar-refractivity contribution in [2.45, 2.75) is 39.8 Å². The van der Waals surface area contributed by atoms with Gasteiger partial charge in [0.05, 0.1) is 0 Å². The van der Waals surface area contributed by atoms with Gasteiger partial charge in [-0.2, -0.15) is 4.98 Å². The summed E-state index contributed by atoms with van der Waals surface area (Å²) in [6.45, 7) is 6.50. The van der Waals surface area contributed by atoms with Gasteiger partial charge in [0.1, 0.15) is 18.1 Å². The lowest BCUT2D eigenvalue weighted by Crippen LogP contribution is -2.24. The summed E-state index contributed by atoms with van der Waals surface area (Å²) in [5.41, 5.74) is 2.32. The highest BCUT2D eigenvalue weighted by Crippen LogP contribution is 2.23. The summed E-state index contributed by atoms with van der Waals surface area (Å²) in [4.78, 5) is 4.37. The molecular formula is C19H24ClN3O3. The van der Waals surface area contributed by atoms with Crippen LogP contribution in [0.4, 0.5) is 0 Å². The van der Waals surface area contributed by atoms with Crippen LogP contribution in [0, 0.1) is 13.8 Å². The van der Waals surface area contributed by atoms with Crippen molar-refractivity contribution in [2.24, 2.45) is 0 Å². The third-order valence-electron chi connectivity index (χ3n) is 4.02. The third kappa shape index (κ3) is 4.86. The van der Waals surface area contributed by atoms with E-state index in [0.29, 0.717) is 36.3 Å². The van der Waals surface area contributed by atoms with E-state index in [1.165, 1.54) is 5.56 Å². The zero-order valence-electron chi connectivity index (χ0n) is 15.4. The molecule has 2 heterocycles. The number of hydrogen-bond donors (Lipinski definition) is 1. The molecule has 26 heavy (non-hydrogen) atoms. The average Bonchev–Trinajstić information content (AvgIpc) is 3.23. The Morgan fingerprint density at radius 3 is 2.73 bits per heavy atom. The average molecular weight is 378 g/mol. The van der Waals surface area contributed by atoms with Crippen LogP contribution in [-0.4, -0.2) is 23.2 Å². The lowest BCUT2D eigenvalue weighted by atomic mass is 10.1. The largest absolute Gasteiger partial charge is 0.485 e. The fourth-order valence-corrected chi connectivity index (χ4v) is 2.49. The molecule has 3 aromatic rings. The van der Waals surface area contributed by atoms with Crippen molar-refractivity contribution >= 4 is 12.4 Å². The van der Waals surface area contributed by atoms with Gasteiger partial charge in [-0.1, -0.05) is 22.9 Å². The van der Waals surface area contributed by atoms with Crippen LogP contribution >= 0.6 is 12.4 Å². The zero-order valence-corrected chi connectivity index (χ0v) is 16.2. The van der Waals surface area contributed by atoms with E-state index in [1.807, 2.05) is 38.2 Å². The molecule has 6 nitrogen and oxygen atoms in total. The van der Waals surface area contributed by atoms with Crippen molar-refractivity contribution in [3.8, 4) is 17.4 Å². The minimum atomic E-state index is 0. The van der Waals surface area contributed by atoms with Crippen LogP contribution in [0.25, 0.3) is 11.7 Å². The maximum Gasteiger partial charge on any atom is 0.293 e. The van der Waals surface area contributed by atoms with Gasteiger partial charge in [0, 0.05) is 12.5 Å². The predicted molar refractivity (Wildman–Crippen MR) is 102 cm³/mol. The van der Waals surface area contributed by atoms with Gasteiger partial charge in [0.25, 0.3) is 5.89 Å². The fraction of sp³-hybridized carbons (Fsp3) is 0.368. The van der Waals surface area contributed by atoms with Crippen LogP contribution in [0.5, 0.6) is 5.75 Å². The van der Waals surface area contributed by atoms with Crippen molar-refractivity contribution in [1.29, 1.82) is 0 Å². The zero-order chi connectivity index (χ0) is 17.8. The summed E-state index contributed by atoms with van der Waals surface area (Å²) in [7, 11) is 1.90. The molecule has 3 rings (SSSR count). The van der Waals surface area contributed by atoms with E-state index < -0.39 is 0 Å². The first-order valence-corrected chi connectivity index (χ1v) is 8.34. The van der Waals surface area contributed by atoms with Gasteiger partial charge in [-0.3, -0.25) is 0 Å². The molecule has 0 aliphatic rings. The number of ether oxygens (including phenoxy) is 1. The topological polar surface area (TPSA) is 73.3 Å². The number of hydrogen-bond acceptors (Lipinski definition) is 6. The Bertz CT molecular complexity index is 844. The van der Waals surface area contributed by atoms with E-state index in [-0.39, 0.29) is 18.4 Å². The lowest BCUT2D eigenvalue weighted by Gasteiger charge is -2.08. The Kier molecular flexibility index (Phi) is 6.83. The highest BCUT2D eigenvalue weighted by Gasteiger charge is 2.15. The molecule has 0 saturated heterocycles. The molecule has 0 aliphatic heterocycles. The number of nitrogens with one attached hydrogen (secondary N) is 1. The number of benzene rings is 1. The molecule has 1 N–H and O–H groups in total. The van der Waals surface area contributed by atoms with E-state index >= 15 is 0 Å². The number of aromatic nitrogens is 2. The molecule has 1 aromatic carbocycles. The molecule has 140 valence electrons. The second-order valence-electron chi connectivity index (χ2n) is 6.23. The van der Waals surface area contributed by atoms with Gasteiger partial charge in [0.2, 0.25) is 0 Å². The maximum absolute atomic E-state index is 5.83. The normalized spacial score (nSPS) is 11.8. The smallest absolute Gasteiger partial charge is 0.293 e. The molecule has 7 heteroatoms. The Balaban J connectivity index is 0.00000243. The summed E-state index contributed by atoms with van der Waals surface area (Å²) < 4.78 is 16.9. The molecule has 0 fully saturated rings. The molecule has 0 aliphatic carbocycles. The van der Waals surface area contributed by atoms with Crippen molar-refractivity contribution in [1.82, 2.24) is 15.5 Å². The molecule has 2 aromatic heterocycles. The van der Waals surface area contributed by atoms with E-state index in [4.69, 9.17) is 13.7 Å². The minimum Gasteiger partial charge on any atom is -0.485 e. The first kappa shape index (κ1) is 20.0. The monoisotopic (exact) mass is 377 g/mol. The van der Waals surface area contributed by atoms with Gasteiger partial charge in [-0.25, -0.2) is 0 Å². The van der Waals surface area contributed by atoms with Crippen LogP contribution < -0.4 is 10.1 Å². The Labute approximate surface area is 159 Å². The Morgan fingerprint density at radius 2 is 2.00 bits per heavy atom. The summed E-state index contributed by atoms with van der Waals surface area (Å²) in [5.74, 6) is 3.15. The van der Waals surface area contributed by atoms with Crippen LogP contribution in [0.15, 0.2) is 39.3 Å². The van der Waals surface area contributed by atoms with E-state index in [1.54, 1.807) is 0 Å². The minimum absolute atomic E-state index is 0. The summed E-state index contributed by atoms with van der Waals surface area (Å²) in [6.07, 6.45) is 0.698. The second kappa shape index (κ2) is 8.87. The van der Waals surface area contributed by atoms with Crippen LogP contribution in [0.3, 0.4) is 0 Å². The molecule has 1 atom stereocenters. The molecule has 0 radical (unpaired) electrons. The van der Waals surface area contributed by atoms with Crippen LogP contribution in [-0.2, 0) is 13.0 Å². The Morgan fingerprint density at radius 1 is 1.19 bits per heavy atom. The van der Waals surface area contributed by atoms with Gasteiger partial charge < -0.3 is 19.0 Å². The Hall–Kier alpha value is -2.31. The summed E-state index contributed by atoms with van der Waals surface area (Å²) in [5, 5.41) is 7.13. The number of likely N-dealkylation sites (N-methyl/N-ethyl adjacent to an activating group) is 1. The van der Waals surface area contributed by atoms with E-state index in [2.05, 4.69) is 35.4 Å². The summed E-state index contributed by atoms with van der Waals surface area (Å²) in [6, 6.07) is 10.1. The molecule has 0 amide bonds. The second-order valence-corrected chi connectivity index (χ2v) is 6.23. The quantitative estimate of drug-likeness (QED) is 0.668. The van der Waals surface area contributed by atoms with Gasteiger partial charge in [-0.15, -0.1) is 12.4 Å². The molecular weight excluding hydrogens is 354 g/mol. The van der Waals surface area contributed by atoms with Gasteiger partial charge >= 0.3 is 0 Å². The highest BCUT2D eigenvalue weighted by atomic mass is 35.5. The third-order valence-corrected chi connectivity index (χ3v) is 4.02. The fourth-order valence-electron chi connectivity index (χ4n) is 2.49. The van der Waals surface area contributed by atoms with Crippen LogP contribution in [0.1, 0.15) is 29.6 Å². The maximum atomic E-state index is 5.83. The van der Waals surface area contributed by atoms with Crippen molar-refractivity contribution < 1.29 is 13.7 Å². The van der Waals surface area contributed by atoms with Crippen molar-refractivity contribution in [3.63, 3.8) is 0 Å². The number of rotatable bonds is 7. The molecule has 0 saturated carbocycles.